The van der Waals surface area contributed by atoms with Crippen molar-refractivity contribution in [2.24, 2.45) is 0 Å². The van der Waals surface area contributed by atoms with E-state index < -0.39 is 0 Å². The third-order valence-corrected chi connectivity index (χ3v) is 5.39. The average Bonchev–Trinajstić information content (AvgIpc) is 3.39. The number of thioether (sulfide) groups is 1. The second-order valence-corrected chi connectivity index (χ2v) is 7.41. The third-order valence-electron chi connectivity index (χ3n) is 4.58. The maximum absolute atomic E-state index is 4.46. The van der Waals surface area contributed by atoms with Crippen molar-refractivity contribution in [2.45, 2.75) is 18.0 Å². The Morgan fingerprint density at radius 1 is 0.852 bits per heavy atom. The summed E-state index contributed by atoms with van der Waals surface area (Å²) in [5, 5.41) is 9.77. The molecule has 1 saturated heterocycles. The van der Waals surface area contributed by atoms with Gasteiger partial charge in [0, 0.05) is 11.3 Å². The summed E-state index contributed by atoms with van der Waals surface area (Å²) in [6, 6.07) is 20.4. The molecule has 3 aromatic rings. The van der Waals surface area contributed by atoms with Gasteiger partial charge in [-0.15, -0.1) is 10.2 Å². The van der Waals surface area contributed by atoms with Crippen LogP contribution in [0.2, 0.25) is 0 Å². The molecule has 136 valence electrons. The molecular formula is C22H22N4S. The number of benzene rings is 2. The van der Waals surface area contributed by atoms with Crippen molar-refractivity contribution in [1.29, 1.82) is 0 Å². The Hall–Kier alpha value is -2.55. The van der Waals surface area contributed by atoms with Gasteiger partial charge in [-0.1, -0.05) is 72.1 Å². The summed E-state index contributed by atoms with van der Waals surface area (Å²) in [5.41, 5.74) is 2.12. The Morgan fingerprint density at radius 2 is 1.56 bits per heavy atom. The van der Waals surface area contributed by atoms with Gasteiger partial charge in [-0.05, 0) is 38.1 Å². The summed E-state index contributed by atoms with van der Waals surface area (Å²) in [5.74, 6) is 8.14. The first-order valence-electron chi connectivity index (χ1n) is 9.29. The highest BCUT2D eigenvalue weighted by molar-refractivity contribution is 7.99. The molecule has 4 nitrogen and oxygen atoms in total. The molecule has 0 aliphatic carbocycles. The lowest BCUT2D eigenvalue weighted by Crippen LogP contribution is -2.18. The molecule has 2 heterocycles. The van der Waals surface area contributed by atoms with Crippen LogP contribution in [0.25, 0.3) is 17.1 Å². The standard InChI is InChI=1S/C22H22N4S/c1-3-11-19(12-4-1)21-23-24-22(26(21)20-13-5-2-6-14-20)27-18-10-9-17-25-15-7-8-16-25/h1-6,11-14H,7-8,15-18H2. The Kier molecular flexibility index (Phi) is 5.88. The van der Waals surface area contributed by atoms with Crippen molar-refractivity contribution in [1.82, 2.24) is 19.7 Å². The summed E-state index contributed by atoms with van der Waals surface area (Å²) in [4.78, 5) is 2.41. The predicted octanol–water partition coefficient (Wildman–Crippen LogP) is 4.13. The largest absolute Gasteiger partial charge is 0.292 e. The molecule has 0 spiro atoms. The zero-order valence-corrected chi connectivity index (χ0v) is 16.0. The second-order valence-electron chi connectivity index (χ2n) is 6.47. The van der Waals surface area contributed by atoms with E-state index in [9.17, 15) is 0 Å². The molecule has 0 bridgehead atoms. The first-order chi connectivity index (χ1) is 13.4. The molecule has 0 atom stereocenters. The van der Waals surface area contributed by atoms with E-state index in [1.165, 1.54) is 25.9 Å². The average molecular weight is 375 g/mol. The normalized spacial score (nSPS) is 14.1. The molecule has 0 unspecified atom stereocenters. The van der Waals surface area contributed by atoms with Crippen molar-refractivity contribution in [3.05, 3.63) is 60.7 Å². The number of nitrogens with zero attached hydrogens (tertiary/aromatic N) is 4. The molecule has 1 aromatic heterocycles. The third kappa shape index (κ3) is 4.41. The fraction of sp³-hybridized carbons (Fsp3) is 0.273. The van der Waals surface area contributed by atoms with E-state index in [0.717, 1.165) is 28.8 Å². The Morgan fingerprint density at radius 3 is 2.30 bits per heavy atom. The van der Waals surface area contributed by atoms with Gasteiger partial charge in [-0.25, -0.2) is 0 Å². The number of para-hydroxylation sites is 1. The van der Waals surface area contributed by atoms with Crippen molar-refractivity contribution in [3.8, 4) is 28.9 Å². The van der Waals surface area contributed by atoms with Crippen LogP contribution in [0.5, 0.6) is 0 Å². The zero-order valence-electron chi connectivity index (χ0n) is 15.2. The Balaban J connectivity index is 1.54. The van der Waals surface area contributed by atoms with Gasteiger partial charge in [0.2, 0.25) is 0 Å². The van der Waals surface area contributed by atoms with Crippen LogP contribution in [-0.4, -0.2) is 45.1 Å². The molecule has 0 amide bonds. The molecule has 0 N–H and O–H groups in total. The molecule has 2 aromatic carbocycles. The zero-order chi connectivity index (χ0) is 18.3. The number of aromatic nitrogens is 3. The summed E-state index contributed by atoms with van der Waals surface area (Å²) in [7, 11) is 0. The van der Waals surface area contributed by atoms with Gasteiger partial charge in [0.1, 0.15) is 0 Å². The van der Waals surface area contributed by atoms with Crippen LogP contribution < -0.4 is 0 Å². The molecule has 1 aliphatic heterocycles. The highest BCUT2D eigenvalue weighted by atomic mass is 32.2. The van der Waals surface area contributed by atoms with Gasteiger partial charge in [0.25, 0.3) is 0 Å². The minimum atomic E-state index is 0.716. The molecule has 1 aliphatic rings. The van der Waals surface area contributed by atoms with E-state index in [1.54, 1.807) is 11.8 Å². The maximum Gasteiger partial charge on any atom is 0.197 e. The smallest absolute Gasteiger partial charge is 0.197 e. The van der Waals surface area contributed by atoms with E-state index in [-0.39, 0.29) is 0 Å². The van der Waals surface area contributed by atoms with Crippen LogP contribution in [0.1, 0.15) is 12.8 Å². The van der Waals surface area contributed by atoms with E-state index in [0.29, 0.717) is 5.75 Å². The first kappa shape index (κ1) is 17.8. The molecule has 1 fully saturated rings. The number of likely N-dealkylation sites (tertiary alicyclic amines) is 1. The Labute approximate surface area is 164 Å². The molecular weight excluding hydrogens is 352 g/mol. The number of rotatable bonds is 5. The fourth-order valence-corrected chi connectivity index (χ4v) is 3.93. The maximum atomic E-state index is 4.46. The van der Waals surface area contributed by atoms with Gasteiger partial charge < -0.3 is 0 Å². The highest BCUT2D eigenvalue weighted by Gasteiger charge is 2.15. The van der Waals surface area contributed by atoms with Crippen molar-refractivity contribution >= 4 is 11.8 Å². The summed E-state index contributed by atoms with van der Waals surface area (Å²) < 4.78 is 2.11. The van der Waals surface area contributed by atoms with E-state index in [4.69, 9.17) is 0 Å². The van der Waals surface area contributed by atoms with Gasteiger partial charge in [-0.3, -0.25) is 9.47 Å². The molecule has 27 heavy (non-hydrogen) atoms. The second kappa shape index (κ2) is 8.90. The van der Waals surface area contributed by atoms with Crippen LogP contribution in [-0.2, 0) is 0 Å². The molecule has 0 radical (unpaired) electrons. The van der Waals surface area contributed by atoms with Gasteiger partial charge in [0.15, 0.2) is 11.0 Å². The fourth-order valence-electron chi connectivity index (χ4n) is 3.21. The number of hydrogen-bond acceptors (Lipinski definition) is 4. The lowest BCUT2D eigenvalue weighted by Gasteiger charge is -2.09. The van der Waals surface area contributed by atoms with Gasteiger partial charge in [0.05, 0.1) is 12.3 Å². The van der Waals surface area contributed by atoms with Crippen molar-refractivity contribution < 1.29 is 0 Å². The van der Waals surface area contributed by atoms with E-state index in [2.05, 4.69) is 55.8 Å². The minimum absolute atomic E-state index is 0.716. The predicted molar refractivity (Wildman–Crippen MR) is 111 cm³/mol. The minimum Gasteiger partial charge on any atom is -0.292 e. The van der Waals surface area contributed by atoms with E-state index >= 15 is 0 Å². The summed E-state index contributed by atoms with van der Waals surface area (Å²) in [6.07, 6.45) is 2.61. The van der Waals surface area contributed by atoms with Crippen molar-refractivity contribution in [2.75, 3.05) is 25.4 Å². The van der Waals surface area contributed by atoms with Crippen LogP contribution in [0, 0.1) is 11.8 Å². The molecule has 0 saturated carbocycles. The summed E-state index contributed by atoms with van der Waals surface area (Å²) in [6.45, 7) is 3.25. The van der Waals surface area contributed by atoms with Crippen molar-refractivity contribution in [3.63, 3.8) is 0 Å². The SMILES string of the molecule is C(#CCN1CCCC1)CSc1nnc(-c2ccccc2)n1-c1ccccc1. The van der Waals surface area contributed by atoms with Crippen LogP contribution in [0.15, 0.2) is 65.8 Å². The van der Waals surface area contributed by atoms with Crippen LogP contribution in [0.3, 0.4) is 0 Å². The first-order valence-corrected chi connectivity index (χ1v) is 10.3. The van der Waals surface area contributed by atoms with E-state index in [1.807, 2.05) is 36.4 Å². The molecule has 4 rings (SSSR count). The lowest BCUT2D eigenvalue weighted by molar-refractivity contribution is 0.383. The number of hydrogen-bond donors (Lipinski definition) is 0. The van der Waals surface area contributed by atoms with Gasteiger partial charge >= 0.3 is 0 Å². The lowest BCUT2D eigenvalue weighted by atomic mass is 10.2. The highest BCUT2D eigenvalue weighted by Crippen LogP contribution is 2.27. The topological polar surface area (TPSA) is 34.0 Å². The summed E-state index contributed by atoms with van der Waals surface area (Å²) >= 11 is 1.64. The monoisotopic (exact) mass is 374 g/mol. The van der Waals surface area contributed by atoms with Crippen LogP contribution >= 0.6 is 11.8 Å². The van der Waals surface area contributed by atoms with Gasteiger partial charge in [-0.2, -0.15) is 0 Å². The molecule has 5 heteroatoms. The quantitative estimate of drug-likeness (QED) is 0.497. The van der Waals surface area contributed by atoms with Crippen LogP contribution in [0.4, 0.5) is 0 Å². The Bertz CT molecular complexity index is 919.